The molecular weight excluding hydrogens is 186 g/mol. The first-order valence-electron chi connectivity index (χ1n) is 4.42. The standard InChI is InChI=1S/C9H19NO2S/c1-7(5-9(11)12-3)10-8(2)6-13-4/h7-8,10H,5-6H2,1-4H3. The fourth-order valence-electron chi connectivity index (χ4n) is 1.18. The summed E-state index contributed by atoms with van der Waals surface area (Å²) in [5.74, 6) is 0.905. The summed E-state index contributed by atoms with van der Waals surface area (Å²) in [4.78, 5) is 10.9. The monoisotopic (exact) mass is 205 g/mol. The van der Waals surface area contributed by atoms with Gasteiger partial charge in [-0.2, -0.15) is 11.8 Å². The molecule has 0 aromatic rings. The number of ether oxygens (including phenoxy) is 1. The molecule has 0 radical (unpaired) electrons. The maximum Gasteiger partial charge on any atom is 0.307 e. The van der Waals surface area contributed by atoms with Gasteiger partial charge in [-0.1, -0.05) is 0 Å². The molecule has 0 spiro atoms. The highest BCUT2D eigenvalue weighted by Crippen LogP contribution is 2.00. The van der Waals surface area contributed by atoms with Gasteiger partial charge in [-0.05, 0) is 20.1 Å². The highest BCUT2D eigenvalue weighted by Gasteiger charge is 2.10. The largest absolute Gasteiger partial charge is 0.469 e. The van der Waals surface area contributed by atoms with Gasteiger partial charge in [0, 0.05) is 17.8 Å². The van der Waals surface area contributed by atoms with E-state index in [-0.39, 0.29) is 12.0 Å². The van der Waals surface area contributed by atoms with Crippen molar-refractivity contribution in [1.29, 1.82) is 0 Å². The Morgan fingerprint density at radius 2 is 2.08 bits per heavy atom. The van der Waals surface area contributed by atoms with Gasteiger partial charge in [0.25, 0.3) is 0 Å². The van der Waals surface area contributed by atoms with Crippen LogP contribution in [-0.2, 0) is 9.53 Å². The summed E-state index contributed by atoms with van der Waals surface area (Å²) in [5.41, 5.74) is 0. The summed E-state index contributed by atoms with van der Waals surface area (Å²) < 4.78 is 4.58. The number of nitrogens with one attached hydrogen (secondary N) is 1. The Labute approximate surface area is 84.6 Å². The molecule has 2 atom stereocenters. The molecule has 0 rings (SSSR count). The molecule has 0 bridgehead atoms. The second-order valence-corrected chi connectivity index (χ2v) is 4.12. The second-order valence-electron chi connectivity index (χ2n) is 3.20. The van der Waals surface area contributed by atoms with Crippen molar-refractivity contribution in [1.82, 2.24) is 5.32 Å². The number of hydrogen-bond acceptors (Lipinski definition) is 4. The molecule has 13 heavy (non-hydrogen) atoms. The van der Waals surface area contributed by atoms with E-state index in [0.29, 0.717) is 12.5 Å². The van der Waals surface area contributed by atoms with Crippen molar-refractivity contribution in [2.75, 3.05) is 19.1 Å². The van der Waals surface area contributed by atoms with Crippen LogP contribution in [0, 0.1) is 0 Å². The third-order valence-corrected chi connectivity index (χ3v) is 2.52. The van der Waals surface area contributed by atoms with E-state index in [4.69, 9.17) is 0 Å². The Morgan fingerprint density at radius 1 is 1.46 bits per heavy atom. The summed E-state index contributed by atoms with van der Waals surface area (Å²) in [5, 5.41) is 3.32. The fraction of sp³-hybridized carbons (Fsp3) is 0.889. The Kier molecular flexibility index (Phi) is 7.09. The van der Waals surface area contributed by atoms with E-state index in [1.54, 1.807) is 11.8 Å². The number of carbonyl (C=O) groups is 1. The molecule has 2 unspecified atom stereocenters. The van der Waals surface area contributed by atoms with Gasteiger partial charge >= 0.3 is 5.97 Å². The van der Waals surface area contributed by atoms with E-state index < -0.39 is 0 Å². The molecule has 0 aliphatic carbocycles. The van der Waals surface area contributed by atoms with Crippen LogP contribution in [0.15, 0.2) is 0 Å². The van der Waals surface area contributed by atoms with Gasteiger partial charge in [0.2, 0.25) is 0 Å². The van der Waals surface area contributed by atoms with Crippen LogP contribution >= 0.6 is 11.8 Å². The zero-order valence-corrected chi connectivity index (χ0v) is 9.61. The molecule has 0 amide bonds. The zero-order chi connectivity index (χ0) is 10.3. The number of methoxy groups -OCH3 is 1. The normalized spacial score (nSPS) is 15.1. The molecule has 0 heterocycles. The van der Waals surface area contributed by atoms with Gasteiger partial charge in [0.1, 0.15) is 0 Å². The molecule has 78 valence electrons. The first-order chi connectivity index (χ1) is 6.10. The van der Waals surface area contributed by atoms with Crippen molar-refractivity contribution in [3.63, 3.8) is 0 Å². The van der Waals surface area contributed by atoms with Crippen LogP contribution in [0.1, 0.15) is 20.3 Å². The molecule has 4 heteroatoms. The molecule has 0 fully saturated rings. The van der Waals surface area contributed by atoms with Crippen LogP contribution in [0.4, 0.5) is 0 Å². The minimum Gasteiger partial charge on any atom is -0.469 e. The van der Waals surface area contributed by atoms with Crippen LogP contribution in [0.2, 0.25) is 0 Å². The number of thioether (sulfide) groups is 1. The predicted molar refractivity (Wildman–Crippen MR) is 57.1 cm³/mol. The Bertz CT molecular complexity index is 153. The zero-order valence-electron chi connectivity index (χ0n) is 8.79. The average molecular weight is 205 g/mol. The SMILES string of the molecule is COC(=O)CC(C)NC(C)CSC. The number of rotatable bonds is 6. The van der Waals surface area contributed by atoms with Crippen LogP contribution < -0.4 is 5.32 Å². The third kappa shape index (κ3) is 6.90. The van der Waals surface area contributed by atoms with Gasteiger partial charge in [-0.3, -0.25) is 4.79 Å². The first kappa shape index (κ1) is 12.8. The van der Waals surface area contributed by atoms with E-state index in [0.717, 1.165) is 5.75 Å². The number of hydrogen-bond donors (Lipinski definition) is 1. The first-order valence-corrected chi connectivity index (χ1v) is 5.81. The van der Waals surface area contributed by atoms with E-state index in [1.807, 2.05) is 6.92 Å². The second kappa shape index (κ2) is 7.21. The minimum atomic E-state index is -0.156. The van der Waals surface area contributed by atoms with Crippen molar-refractivity contribution in [3.8, 4) is 0 Å². The van der Waals surface area contributed by atoms with Gasteiger partial charge in [0.15, 0.2) is 0 Å². The van der Waals surface area contributed by atoms with E-state index in [9.17, 15) is 4.79 Å². The summed E-state index contributed by atoms with van der Waals surface area (Å²) in [6.45, 7) is 4.11. The predicted octanol–water partition coefficient (Wildman–Crippen LogP) is 1.28. The molecule has 1 N–H and O–H groups in total. The molecule has 0 aliphatic rings. The number of esters is 1. The molecular formula is C9H19NO2S. The lowest BCUT2D eigenvalue weighted by atomic mass is 10.2. The lowest BCUT2D eigenvalue weighted by Crippen LogP contribution is -2.37. The summed E-state index contributed by atoms with van der Waals surface area (Å²) >= 11 is 1.80. The summed E-state index contributed by atoms with van der Waals surface area (Å²) in [6.07, 6.45) is 2.51. The number of carbonyl (C=O) groups excluding carboxylic acids is 1. The van der Waals surface area contributed by atoms with Gasteiger partial charge in [0.05, 0.1) is 13.5 Å². The van der Waals surface area contributed by atoms with Crippen molar-refractivity contribution in [3.05, 3.63) is 0 Å². The van der Waals surface area contributed by atoms with Crippen LogP contribution in [0.25, 0.3) is 0 Å². The summed E-state index contributed by atoms with van der Waals surface area (Å²) in [7, 11) is 1.42. The highest BCUT2D eigenvalue weighted by atomic mass is 32.2. The van der Waals surface area contributed by atoms with Crippen LogP contribution in [0.5, 0.6) is 0 Å². The van der Waals surface area contributed by atoms with Gasteiger partial charge in [-0.15, -0.1) is 0 Å². The van der Waals surface area contributed by atoms with Gasteiger partial charge in [-0.25, -0.2) is 0 Å². The Morgan fingerprint density at radius 3 is 2.54 bits per heavy atom. The quantitative estimate of drug-likeness (QED) is 0.663. The van der Waals surface area contributed by atoms with E-state index >= 15 is 0 Å². The fourth-order valence-corrected chi connectivity index (χ4v) is 1.77. The van der Waals surface area contributed by atoms with Crippen LogP contribution in [-0.4, -0.2) is 37.2 Å². The smallest absolute Gasteiger partial charge is 0.307 e. The Balaban J connectivity index is 3.60. The molecule has 0 aliphatic heterocycles. The van der Waals surface area contributed by atoms with Crippen LogP contribution in [0.3, 0.4) is 0 Å². The average Bonchev–Trinajstić information content (AvgIpc) is 2.04. The van der Waals surface area contributed by atoms with E-state index in [1.165, 1.54) is 7.11 Å². The minimum absolute atomic E-state index is 0.156. The highest BCUT2D eigenvalue weighted by molar-refractivity contribution is 7.98. The van der Waals surface area contributed by atoms with Crippen molar-refractivity contribution in [2.45, 2.75) is 32.4 Å². The molecule has 0 saturated carbocycles. The molecule has 3 nitrogen and oxygen atoms in total. The van der Waals surface area contributed by atoms with Crippen molar-refractivity contribution >= 4 is 17.7 Å². The maximum absolute atomic E-state index is 10.9. The molecule has 0 aromatic carbocycles. The Hall–Kier alpha value is -0.220. The maximum atomic E-state index is 10.9. The van der Waals surface area contributed by atoms with E-state index in [2.05, 4.69) is 23.2 Å². The van der Waals surface area contributed by atoms with Crippen molar-refractivity contribution in [2.24, 2.45) is 0 Å². The molecule has 0 aromatic heterocycles. The third-order valence-electron chi connectivity index (χ3n) is 1.69. The van der Waals surface area contributed by atoms with Gasteiger partial charge < -0.3 is 10.1 Å². The van der Waals surface area contributed by atoms with Crippen molar-refractivity contribution < 1.29 is 9.53 Å². The lowest BCUT2D eigenvalue weighted by molar-refractivity contribution is -0.141. The lowest BCUT2D eigenvalue weighted by Gasteiger charge is -2.18. The topological polar surface area (TPSA) is 38.3 Å². The summed E-state index contributed by atoms with van der Waals surface area (Å²) in [6, 6.07) is 0.629. The molecule has 0 saturated heterocycles.